The van der Waals surface area contributed by atoms with Gasteiger partial charge in [-0.25, -0.2) is 4.98 Å². The number of carbonyl (C=O) groups is 2. The predicted octanol–water partition coefficient (Wildman–Crippen LogP) is 2.65. The maximum Gasteiger partial charge on any atom is 0.249 e. The fourth-order valence-corrected chi connectivity index (χ4v) is 2.89. The van der Waals surface area contributed by atoms with E-state index in [1.54, 1.807) is 30.9 Å². The van der Waals surface area contributed by atoms with Crippen molar-refractivity contribution in [2.75, 3.05) is 5.32 Å². The van der Waals surface area contributed by atoms with E-state index in [0.29, 0.717) is 16.9 Å². The van der Waals surface area contributed by atoms with Gasteiger partial charge in [0, 0.05) is 59.2 Å². The molecule has 7 heteroatoms. The minimum atomic E-state index is -0.596. The molecule has 3 heterocycles. The molecule has 0 spiro atoms. The summed E-state index contributed by atoms with van der Waals surface area (Å²) in [4.78, 5) is 36.9. The number of hydrogen-bond donors (Lipinski definition) is 2. The van der Waals surface area contributed by atoms with Crippen LogP contribution in [0, 0.1) is 5.92 Å². The second kappa shape index (κ2) is 6.95. The number of primary amides is 1. The van der Waals surface area contributed by atoms with Crippen molar-refractivity contribution >= 4 is 17.6 Å². The predicted molar refractivity (Wildman–Crippen MR) is 101 cm³/mol. The fraction of sp³-hybridized carbons (Fsp3) is 0.150. The zero-order valence-electron chi connectivity index (χ0n) is 14.4. The van der Waals surface area contributed by atoms with Crippen LogP contribution < -0.4 is 11.1 Å². The van der Waals surface area contributed by atoms with Gasteiger partial charge < -0.3 is 11.1 Å². The molecule has 0 radical (unpaired) electrons. The second-order valence-electron chi connectivity index (χ2n) is 6.41. The van der Waals surface area contributed by atoms with Gasteiger partial charge in [0.2, 0.25) is 11.8 Å². The largest absolute Gasteiger partial charge is 0.366 e. The third kappa shape index (κ3) is 3.52. The first-order valence-corrected chi connectivity index (χ1v) is 8.59. The first kappa shape index (κ1) is 16.8. The topological polar surface area (TPSA) is 111 Å². The molecule has 0 aliphatic heterocycles. The summed E-state index contributed by atoms with van der Waals surface area (Å²) in [7, 11) is 0. The van der Waals surface area contributed by atoms with E-state index in [-0.39, 0.29) is 17.4 Å². The quantitative estimate of drug-likeness (QED) is 0.727. The summed E-state index contributed by atoms with van der Waals surface area (Å²) in [5.74, 6) is -0.368. The van der Waals surface area contributed by atoms with E-state index in [2.05, 4.69) is 20.3 Å². The zero-order valence-corrected chi connectivity index (χ0v) is 14.4. The Morgan fingerprint density at radius 1 is 1.00 bits per heavy atom. The zero-order chi connectivity index (χ0) is 18.8. The number of pyridine rings is 3. The van der Waals surface area contributed by atoms with Gasteiger partial charge >= 0.3 is 0 Å². The molecule has 27 heavy (non-hydrogen) atoms. The Hall–Kier alpha value is -3.61. The van der Waals surface area contributed by atoms with E-state index in [0.717, 1.165) is 24.0 Å². The monoisotopic (exact) mass is 359 g/mol. The van der Waals surface area contributed by atoms with Crippen LogP contribution in [0.4, 0.5) is 5.82 Å². The van der Waals surface area contributed by atoms with Gasteiger partial charge in [-0.3, -0.25) is 19.6 Å². The van der Waals surface area contributed by atoms with Crippen molar-refractivity contribution in [3.05, 3.63) is 60.8 Å². The normalized spacial score (nSPS) is 13.2. The first-order chi connectivity index (χ1) is 13.1. The van der Waals surface area contributed by atoms with Crippen LogP contribution in [0.2, 0.25) is 0 Å². The van der Waals surface area contributed by atoms with E-state index in [1.165, 1.54) is 6.20 Å². The van der Waals surface area contributed by atoms with Crippen LogP contribution in [0.1, 0.15) is 23.2 Å². The molecule has 1 fully saturated rings. The Morgan fingerprint density at radius 2 is 1.78 bits per heavy atom. The van der Waals surface area contributed by atoms with Crippen molar-refractivity contribution in [1.82, 2.24) is 15.0 Å². The highest BCUT2D eigenvalue weighted by atomic mass is 16.2. The summed E-state index contributed by atoms with van der Waals surface area (Å²) in [6.45, 7) is 0. The summed E-state index contributed by atoms with van der Waals surface area (Å²) in [5.41, 5.74) is 8.68. The number of anilines is 1. The lowest BCUT2D eigenvalue weighted by Crippen LogP contribution is -2.18. The van der Waals surface area contributed by atoms with Gasteiger partial charge in [-0.2, -0.15) is 0 Å². The molecule has 3 aromatic rings. The molecule has 0 saturated heterocycles. The molecular weight excluding hydrogens is 342 g/mol. The van der Waals surface area contributed by atoms with Crippen LogP contribution >= 0.6 is 0 Å². The first-order valence-electron chi connectivity index (χ1n) is 8.59. The summed E-state index contributed by atoms with van der Waals surface area (Å²) in [6, 6.07) is 7.17. The van der Waals surface area contributed by atoms with Crippen molar-refractivity contribution in [3.63, 3.8) is 0 Å². The molecule has 4 rings (SSSR count). The van der Waals surface area contributed by atoms with Gasteiger partial charge in [0.05, 0.1) is 5.56 Å². The summed E-state index contributed by atoms with van der Waals surface area (Å²) < 4.78 is 0. The number of nitrogens with one attached hydrogen (secondary N) is 1. The summed E-state index contributed by atoms with van der Waals surface area (Å²) in [6.07, 6.45) is 9.96. The number of hydrogen-bond acceptors (Lipinski definition) is 5. The highest BCUT2D eigenvalue weighted by Crippen LogP contribution is 2.34. The average Bonchev–Trinajstić information content (AvgIpc) is 3.54. The number of amides is 2. The molecule has 2 amide bonds. The van der Waals surface area contributed by atoms with E-state index in [1.807, 2.05) is 18.2 Å². The van der Waals surface area contributed by atoms with E-state index < -0.39 is 5.91 Å². The molecule has 1 aliphatic carbocycles. The number of carbonyl (C=O) groups excluding carboxylic acids is 2. The van der Waals surface area contributed by atoms with Gasteiger partial charge in [0.1, 0.15) is 5.82 Å². The van der Waals surface area contributed by atoms with Crippen LogP contribution in [-0.2, 0) is 4.79 Å². The highest BCUT2D eigenvalue weighted by molar-refractivity contribution is 6.05. The molecule has 1 saturated carbocycles. The van der Waals surface area contributed by atoms with Crippen molar-refractivity contribution in [2.24, 2.45) is 11.7 Å². The molecule has 0 bridgehead atoms. The van der Waals surface area contributed by atoms with Crippen LogP contribution in [-0.4, -0.2) is 26.8 Å². The molecular formula is C20H17N5O2. The second-order valence-corrected chi connectivity index (χ2v) is 6.41. The summed E-state index contributed by atoms with van der Waals surface area (Å²) >= 11 is 0. The maximum absolute atomic E-state index is 12.2. The van der Waals surface area contributed by atoms with Gasteiger partial charge in [-0.05, 0) is 31.0 Å². The minimum absolute atomic E-state index is 0.0109. The highest BCUT2D eigenvalue weighted by Gasteiger charge is 2.30. The lowest BCUT2D eigenvalue weighted by molar-refractivity contribution is -0.117. The molecule has 0 aromatic carbocycles. The van der Waals surface area contributed by atoms with Crippen LogP contribution in [0.15, 0.2) is 55.2 Å². The third-order valence-corrected chi connectivity index (χ3v) is 4.43. The molecule has 1 aliphatic rings. The summed E-state index contributed by atoms with van der Waals surface area (Å²) in [5, 5.41) is 2.83. The molecule has 0 unspecified atom stereocenters. The van der Waals surface area contributed by atoms with Gasteiger partial charge in [-0.1, -0.05) is 6.07 Å². The van der Waals surface area contributed by atoms with E-state index in [9.17, 15) is 9.59 Å². The Morgan fingerprint density at radius 3 is 2.48 bits per heavy atom. The number of nitrogens with two attached hydrogens (primary N) is 1. The van der Waals surface area contributed by atoms with Crippen molar-refractivity contribution in [3.8, 4) is 22.3 Å². The average molecular weight is 359 g/mol. The smallest absolute Gasteiger partial charge is 0.249 e. The van der Waals surface area contributed by atoms with Gasteiger partial charge in [0.25, 0.3) is 0 Å². The standard InChI is InChI=1S/C20H17N5O2/c21-18(26)16-5-7-24-19(25-20(27)12-3-4-12)17(16)15-8-14(10-23-11-15)13-2-1-6-22-9-13/h1-2,5-12H,3-4H2,(H2,21,26)(H,24,25,27). The molecule has 134 valence electrons. The number of nitrogens with zero attached hydrogens (tertiary/aromatic N) is 3. The van der Waals surface area contributed by atoms with Gasteiger partial charge in [-0.15, -0.1) is 0 Å². The van der Waals surface area contributed by atoms with Gasteiger partial charge in [0.15, 0.2) is 0 Å². The lowest BCUT2D eigenvalue weighted by atomic mass is 9.99. The van der Waals surface area contributed by atoms with E-state index >= 15 is 0 Å². The Balaban J connectivity index is 1.82. The third-order valence-electron chi connectivity index (χ3n) is 4.43. The van der Waals surface area contributed by atoms with Crippen molar-refractivity contribution < 1.29 is 9.59 Å². The maximum atomic E-state index is 12.2. The SMILES string of the molecule is NC(=O)c1ccnc(NC(=O)C2CC2)c1-c1cncc(-c2cccnc2)c1. The number of rotatable bonds is 5. The van der Waals surface area contributed by atoms with E-state index in [4.69, 9.17) is 5.73 Å². The molecule has 0 atom stereocenters. The number of aromatic nitrogens is 3. The van der Waals surface area contributed by atoms with Crippen LogP contribution in [0.3, 0.4) is 0 Å². The minimum Gasteiger partial charge on any atom is -0.366 e. The molecule has 3 N–H and O–H groups in total. The van der Waals surface area contributed by atoms with Crippen molar-refractivity contribution in [2.45, 2.75) is 12.8 Å². The van der Waals surface area contributed by atoms with Crippen LogP contribution in [0.5, 0.6) is 0 Å². The Bertz CT molecular complexity index is 1020. The lowest BCUT2D eigenvalue weighted by Gasteiger charge is -2.14. The van der Waals surface area contributed by atoms with Crippen molar-refractivity contribution in [1.29, 1.82) is 0 Å². The molecule has 3 aromatic heterocycles. The fourth-order valence-electron chi connectivity index (χ4n) is 2.89. The Kier molecular flexibility index (Phi) is 4.33. The molecule has 7 nitrogen and oxygen atoms in total. The Labute approximate surface area is 155 Å². The van der Waals surface area contributed by atoms with Crippen LogP contribution in [0.25, 0.3) is 22.3 Å².